The van der Waals surface area contributed by atoms with Crippen molar-refractivity contribution in [2.45, 2.75) is 31.4 Å². The summed E-state index contributed by atoms with van der Waals surface area (Å²) in [4.78, 5) is 0.125. The lowest BCUT2D eigenvalue weighted by Gasteiger charge is -2.32. The van der Waals surface area contributed by atoms with Gasteiger partial charge in [-0.05, 0) is 31.0 Å². The average Bonchev–Trinajstić information content (AvgIpc) is 2.37. The van der Waals surface area contributed by atoms with Gasteiger partial charge < -0.3 is 5.11 Å². The number of nitrogens with zero attached hydrogens (tertiary/aromatic N) is 1. The van der Waals surface area contributed by atoms with E-state index in [1.54, 1.807) is 26.0 Å². The Bertz CT molecular complexity index is 740. The van der Waals surface area contributed by atoms with Gasteiger partial charge in [-0.25, -0.2) is 16.8 Å². The third kappa shape index (κ3) is 3.28. The Balaban J connectivity index is 2.43. The number of sulfonamides is 1. The van der Waals surface area contributed by atoms with Gasteiger partial charge in [0.2, 0.25) is 10.0 Å². The van der Waals surface area contributed by atoms with Crippen LogP contribution in [0.3, 0.4) is 0 Å². The van der Waals surface area contributed by atoms with Gasteiger partial charge in [0.15, 0.2) is 9.84 Å². The molecule has 1 N–H and O–H groups in total. The predicted molar refractivity (Wildman–Crippen MR) is 79.1 cm³/mol. The van der Waals surface area contributed by atoms with E-state index in [0.717, 1.165) is 0 Å². The van der Waals surface area contributed by atoms with Gasteiger partial charge in [-0.2, -0.15) is 4.31 Å². The van der Waals surface area contributed by atoms with Crippen LogP contribution in [0.1, 0.15) is 18.1 Å². The van der Waals surface area contributed by atoms with Crippen molar-refractivity contribution in [2.24, 2.45) is 0 Å². The first-order valence-corrected chi connectivity index (χ1v) is 9.86. The van der Waals surface area contributed by atoms with Crippen molar-refractivity contribution >= 4 is 19.9 Å². The Morgan fingerprint density at radius 2 is 2.05 bits per heavy atom. The van der Waals surface area contributed by atoms with Crippen LogP contribution in [-0.4, -0.2) is 50.3 Å². The summed E-state index contributed by atoms with van der Waals surface area (Å²) in [5.74, 6) is -0.319. The molecule has 0 radical (unpaired) electrons. The van der Waals surface area contributed by atoms with Crippen LogP contribution in [0.2, 0.25) is 0 Å². The molecule has 0 spiro atoms. The van der Waals surface area contributed by atoms with Crippen LogP contribution in [0.25, 0.3) is 0 Å². The van der Waals surface area contributed by atoms with Crippen molar-refractivity contribution < 1.29 is 21.9 Å². The average molecular weight is 333 g/mol. The van der Waals surface area contributed by atoms with Gasteiger partial charge in [-0.3, -0.25) is 0 Å². The van der Waals surface area contributed by atoms with Gasteiger partial charge in [0.05, 0.1) is 23.0 Å². The fraction of sp³-hybridized carbons (Fsp3) is 0.538. The lowest BCUT2D eigenvalue weighted by Crippen LogP contribution is -2.49. The molecule has 1 saturated heterocycles. The minimum Gasteiger partial charge on any atom is -0.392 e. The van der Waals surface area contributed by atoms with Crippen LogP contribution >= 0.6 is 0 Å². The molecule has 2 rings (SSSR count). The molecule has 6 nitrogen and oxygen atoms in total. The molecule has 1 aliphatic rings. The van der Waals surface area contributed by atoms with E-state index in [-0.39, 0.29) is 29.6 Å². The molecule has 1 heterocycles. The SMILES string of the molecule is Cc1ccc(CO)cc1S(=O)(=O)N1CCS(=O)(=O)CC1C. The van der Waals surface area contributed by atoms with Gasteiger partial charge in [-0.15, -0.1) is 0 Å². The number of sulfone groups is 1. The molecule has 0 aromatic heterocycles. The van der Waals surface area contributed by atoms with E-state index in [1.807, 2.05) is 0 Å². The Hall–Kier alpha value is -0.960. The van der Waals surface area contributed by atoms with Crippen molar-refractivity contribution in [3.63, 3.8) is 0 Å². The Morgan fingerprint density at radius 1 is 1.38 bits per heavy atom. The van der Waals surface area contributed by atoms with E-state index in [1.165, 1.54) is 10.4 Å². The molecule has 118 valence electrons. The van der Waals surface area contributed by atoms with Gasteiger partial charge in [0.25, 0.3) is 0 Å². The maximum absolute atomic E-state index is 12.7. The first kappa shape index (κ1) is 16.4. The third-order valence-electron chi connectivity index (χ3n) is 3.63. The van der Waals surface area contributed by atoms with Crippen LogP contribution in [-0.2, 0) is 26.5 Å². The van der Waals surface area contributed by atoms with Crippen LogP contribution in [0.5, 0.6) is 0 Å². The number of rotatable bonds is 3. The minimum absolute atomic E-state index is 0.0331. The van der Waals surface area contributed by atoms with E-state index >= 15 is 0 Å². The first-order chi connectivity index (χ1) is 9.67. The Labute approximate surface area is 125 Å². The molecule has 0 amide bonds. The zero-order chi connectivity index (χ0) is 15.8. The van der Waals surface area contributed by atoms with E-state index in [0.29, 0.717) is 11.1 Å². The molecule has 8 heteroatoms. The highest BCUT2D eigenvalue weighted by molar-refractivity contribution is 7.92. The van der Waals surface area contributed by atoms with E-state index in [9.17, 15) is 16.8 Å². The summed E-state index contributed by atoms with van der Waals surface area (Å²) in [6, 6.07) is 4.16. The van der Waals surface area contributed by atoms with Crippen molar-refractivity contribution in [1.29, 1.82) is 0 Å². The molecule has 1 aliphatic heterocycles. The number of hydrogen-bond acceptors (Lipinski definition) is 5. The highest BCUT2D eigenvalue weighted by Gasteiger charge is 2.37. The van der Waals surface area contributed by atoms with E-state index in [2.05, 4.69) is 0 Å². The molecule has 1 aromatic rings. The Kier molecular flexibility index (Phi) is 4.44. The number of hydrogen-bond donors (Lipinski definition) is 1. The maximum atomic E-state index is 12.7. The summed E-state index contributed by atoms with van der Waals surface area (Å²) in [7, 11) is -6.94. The molecule has 1 unspecified atom stereocenters. The van der Waals surface area contributed by atoms with Crippen LogP contribution < -0.4 is 0 Å². The summed E-state index contributed by atoms with van der Waals surface area (Å²) >= 11 is 0. The van der Waals surface area contributed by atoms with Gasteiger partial charge in [0.1, 0.15) is 0 Å². The predicted octanol–water partition coefficient (Wildman–Crippen LogP) is 0.295. The topological polar surface area (TPSA) is 91.8 Å². The fourth-order valence-corrected chi connectivity index (χ4v) is 6.16. The van der Waals surface area contributed by atoms with Crippen molar-refractivity contribution in [3.05, 3.63) is 29.3 Å². The maximum Gasteiger partial charge on any atom is 0.243 e. The quantitative estimate of drug-likeness (QED) is 0.859. The molecule has 0 saturated carbocycles. The van der Waals surface area contributed by atoms with Crippen molar-refractivity contribution in [3.8, 4) is 0 Å². The minimum atomic E-state index is -3.77. The molecule has 0 bridgehead atoms. The summed E-state index contributed by atoms with van der Waals surface area (Å²) < 4.78 is 49.9. The monoisotopic (exact) mass is 333 g/mol. The molecule has 0 aliphatic carbocycles. The normalized spacial score (nSPS) is 23.1. The number of aliphatic hydroxyl groups excluding tert-OH is 1. The molecule has 1 atom stereocenters. The molecule has 1 fully saturated rings. The lowest BCUT2D eigenvalue weighted by atomic mass is 10.2. The third-order valence-corrected chi connectivity index (χ3v) is 7.58. The van der Waals surface area contributed by atoms with Crippen LogP contribution in [0.4, 0.5) is 0 Å². The lowest BCUT2D eigenvalue weighted by molar-refractivity contribution is 0.281. The molecular weight excluding hydrogens is 314 g/mol. The largest absolute Gasteiger partial charge is 0.392 e. The zero-order valence-electron chi connectivity index (χ0n) is 12.0. The highest BCUT2D eigenvalue weighted by atomic mass is 32.2. The van der Waals surface area contributed by atoms with Crippen molar-refractivity contribution in [1.82, 2.24) is 4.31 Å². The van der Waals surface area contributed by atoms with Crippen molar-refractivity contribution in [2.75, 3.05) is 18.1 Å². The second-order valence-electron chi connectivity index (χ2n) is 5.34. The number of benzene rings is 1. The summed E-state index contributed by atoms with van der Waals surface area (Å²) in [6.45, 7) is 3.00. The molecule has 1 aromatic carbocycles. The van der Waals surface area contributed by atoms with E-state index < -0.39 is 25.9 Å². The Morgan fingerprint density at radius 3 is 2.62 bits per heavy atom. The van der Waals surface area contributed by atoms with Gasteiger partial charge >= 0.3 is 0 Å². The summed E-state index contributed by atoms with van der Waals surface area (Å²) in [6.07, 6.45) is 0. The van der Waals surface area contributed by atoms with Crippen LogP contribution in [0, 0.1) is 6.92 Å². The zero-order valence-corrected chi connectivity index (χ0v) is 13.6. The van der Waals surface area contributed by atoms with Crippen LogP contribution in [0.15, 0.2) is 23.1 Å². The van der Waals surface area contributed by atoms with Gasteiger partial charge in [-0.1, -0.05) is 12.1 Å². The molecular formula is C13H19NO5S2. The summed E-state index contributed by atoms with van der Waals surface area (Å²) in [5.41, 5.74) is 1.09. The van der Waals surface area contributed by atoms with E-state index in [4.69, 9.17) is 5.11 Å². The number of aliphatic hydroxyl groups is 1. The smallest absolute Gasteiger partial charge is 0.243 e. The second kappa shape index (κ2) is 5.68. The standard InChI is InChI=1S/C13H19NO5S2/c1-10-3-4-12(8-15)7-13(10)21(18,19)14-5-6-20(16,17)9-11(14)2/h3-4,7,11,15H,5-6,8-9H2,1-2H3. The second-order valence-corrected chi connectivity index (χ2v) is 9.42. The first-order valence-electron chi connectivity index (χ1n) is 6.60. The molecule has 21 heavy (non-hydrogen) atoms. The highest BCUT2D eigenvalue weighted by Crippen LogP contribution is 2.25. The fourth-order valence-electron chi connectivity index (χ4n) is 2.49. The number of aryl methyl sites for hydroxylation is 1. The van der Waals surface area contributed by atoms with Gasteiger partial charge in [0, 0.05) is 12.6 Å². The summed E-state index contributed by atoms with van der Waals surface area (Å²) in [5, 5.41) is 9.16.